The van der Waals surface area contributed by atoms with Gasteiger partial charge in [-0.05, 0) is 38.8 Å². The molecule has 0 bridgehead atoms. The van der Waals surface area contributed by atoms with Crippen LogP contribution < -0.4 is 5.32 Å². The third-order valence-electron chi connectivity index (χ3n) is 5.10. The summed E-state index contributed by atoms with van der Waals surface area (Å²) in [5.74, 6) is 0.683. The largest absolute Gasteiger partial charge is 0.330 e. The zero-order valence-corrected chi connectivity index (χ0v) is 10.9. The lowest BCUT2D eigenvalue weighted by atomic mass is 10.0. The maximum absolute atomic E-state index is 4.44. The van der Waals surface area contributed by atoms with Crippen molar-refractivity contribution in [2.75, 3.05) is 26.2 Å². The first-order valence-electron chi connectivity index (χ1n) is 7.40. The number of fused-ring (bicyclic) bond motifs is 1. The van der Waals surface area contributed by atoms with Crippen LogP contribution in [0, 0.1) is 0 Å². The molecule has 4 heterocycles. The van der Waals surface area contributed by atoms with Crippen LogP contribution in [0.4, 0.5) is 0 Å². The number of imidazole rings is 1. The Bertz CT molecular complexity index is 421. The van der Waals surface area contributed by atoms with Crippen LogP contribution in [0.15, 0.2) is 12.5 Å². The van der Waals surface area contributed by atoms with Crippen molar-refractivity contribution in [3.05, 3.63) is 18.2 Å². The van der Waals surface area contributed by atoms with Crippen LogP contribution in [0.25, 0.3) is 0 Å². The quantitative estimate of drug-likeness (QED) is 0.855. The molecular weight excluding hydrogens is 224 g/mol. The van der Waals surface area contributed by atoms with Gasteiger partial charge in [0, 0.05) is 36.9 Å². The maximum Gasteiger partial charge on any atom is 0.0951 e. The van der Waals surface area contributed by atoms with E-state index in [-0.39, 0.29) is 0 Å². The first-order valence-corrected chi connectivity index (χ1v) is 7.40. The average Bonchev–Trinajstić information content (AvgIpc) is 3.13. The molecule has 1 aromatic rings. The zero-order valence-electron chi connectivity index (χ0n) is 10.9. The molecule has 98 valence electrons. The van der Waals surface area contributed by atoms with Crippen molar-refractivity contribution in [3.63, 3.8) is 0 Å². The number of rotatable bonds is 2. The molecule has 0 amide bonds. The molecule has 18 heavy (non-hydrogen) atoms. The van der Waals surface area contributed by atoms with Gasteiger partial charge < -0.3 is 9.88 Å². The van der Waals surface area contributed by atoms with E-state index in [1.54, 1.807) is 0 Å². The molecule has 3 saturated heterocycles. The molecule has 0 radical (unpaired) electrons. The molecule has 4 heteroatoms. The Morgan fingerprint density at radius 3 is 3.06 bits per heavy atom. The zero-order chi connectivity index (χ0) is 11.9. The highest BCUT2D eigenvalue weighted by Crippen LogP contribution is 2.38. The standard InChI is InChI=1S/C14H22N4/c1-2-12-13(4-7-17(12)6-1)18-10-16-9-14(18)11-3-5-15-8-11/h9-13,15H,1-8H2. The molecular formula is C14H22N4. The van der Waals surface area contributed by atoms with Crippen molar-refractivity contribution < 1.29 is 0 Å². The number of hydrogen-bond donors (Lipinski definition) is 1. The predicted octanol–water partition coefficient (Wildman–Crippen LogP) is 1.37. The van der Waals surface area contributed by atoms with Crippen molar-refractivity contribution in [3.8, 4) is 0 Å². The van der Waals surface area contributed by atoms with E-state index in [2.05, 4.69) is 32.3 Å². The summed E-state index contributed by atoms with van der Waals surface area (Å²) in [7, 11) is 0. The third-order valence-corrected chi connectivity index (χ3v) is 5.10. The highest BCUT2D eigenvalue weighted by molar-refractivity contribution is 5.12. The average molecular weight is 246 g/mol. The Morgan fingerprint density at radius 2 is 2.17 bits per heavy atom. The smallest absolute Gasteiger partial charge is 0.0951 e. The first kappa shape index (κ1) is 11.0. The van der Waals surface area contributed by atoms with Crippen LogP contribution in [0.5, 0.6) is 0 Å². The second-order valence-corrected chi connectivity index (χ2v) is 6.02. The van der Waals surface area contributed by atoms with Gasteiger partial charge in [0.25, 0.3) is 0 Å². The lowest BCUT2D eigenvalue weighted by Crippen LogP contribution is -2.28. The van der Waals surface area contributed by atoms with Gasteiger partial charge in [-0.1, -0.05) is 0 Å². The third kappa shape index (κ3) is 1.62. The van der Waals surface area contributed by atoms with Crippen molar-refractivity contribution in [2.45, 2.75) is 43.7 Å². The van der Waals surface area contributed by atoms with Crippen LogP contribution in [0.1, 0.15) is 43.3 Å². The summed E-state index contributed by atoms with van der Waals surface area (Å²) in [4.78, 5) is 7.12. The van der Waals surface area contributed by atoms with Crippen molar-refractivity contribution in [1.29, 1.82) is 0 Å². The molecule has 0 aromatic carbocycles. The van der Waals surface area contributed by atoms with Crippen LogP contribution in [0.3, 0.4) is 0 Å². The summed E-state index contributed by atoms with van der Waals surface area (Å²) in [6, 6.07) is 1.47. The van der Waals surface area contributed by atoms with Crippen LogP contribution in [-0.4, -0.2) is 46.7 Å². The van der Waals surface area contributed by atoms with E-state index in [0.29, 0.717) is 12.0 Å². The Labute approximate surface area is 108 Å². The molecule has 1 aromatic heterocycles. The van der Waals surface area contributed by atoms with E-state index in [1.807, 2.05) is 0 Å². The fraction of sp³-hybridized carbons (Fsp3) is 0.786. The van der Waals surface area contributed by atoms with Gasteiger partial charge in [-0.15, -0.1) is 0 Å². The van der Waals surface area contributed by atoms with Gasteiger partial charge in [0.05, 0.1) is 12.4 Å². The molecule has 1 N–H and O–H groups in total. The Hall–Kier alpha value is -0.870. The van der Waals surface area contributed by atoms with E-state index >= 15 is 0 Å². The number of nitrogens with one attached hydrogen (secondary N) is 1. The predicted molar refractivity (Wildman–Crippen MR) is 70.7 cm³/mol. The minimum atomic E-state index is 0.683. The molecule has 3 aliphatic rings. The second-order valence-electron chi connectivity index (χ2n) is 6.02. The molecule has 4 nitrogen and oxygen atoms in total. The fourth-order valence-electron chi connectivity index (χ4n) is 4.20. The Morgan fingerprint density at radius 1 is 1.17 bits per heavy atom. The molecule has 3 atom stereocenters. The minimum absolute atomic E-state index is 0.683. The first-order chi connectivity index (χ1) is 8.93. The van der Waals surface area contributed by atoms with Crippen molar-refractivity contribution >= 4 is 0 Å². The molecule has 3 aliphatic heterocycles. The van der Waals surface area contributed by atoms with Gasteiger partial charge in [0.1, 0.15) is 0 Å². The minimum Gasteiger partial charge on any atom is -0.330 e. The SMILES string of the molecule is c1ncn(C2CCN3CCCC23)c1C1CCNC1. The lowest BCUT2D eigenvalue weighted by molar-refractivity contribution is 0.287. The topological polar surface area (TPSA) is 33.1 Å². The van der Waals surface area contributed by atoms with E-state index in [0.717, 1.165) is 19.1 Å². The van der Waals surface area contributed by atoms with E-state index in [1.165, 1.54) is 44.5 Å². The summed E-state index contributed by atoms with van der Waals surface area (Å²) in [6.07, 6.45) is 9.54. The molecule has 0 aliphatic carbocycles. The molecule has 3 fully saturated rings. The van der Waals surface area contributed by atoms with Gasteiger partial charge >= 0.3 is 0 Å². The maximum atomic E-state index is 4.44. The van der Waals surface area contributed by atoms with Crippen molar-refractivity contribution in [2.24, 2.45) is 0 Å². The molecule has 0 saturated carbocycles. The van der Waals surface area contributed by atoms with Gasteiger partial charge in [0.15, 0.2) is 0 Å². The van der Waals surface area contributed by atoms with Gasteiger partial charge in [-0.2, -0.15) is 0 Å². The van der Waals surface area contributed by atoms with E-state index < -0.39 is 0 Å². The van der Waals surface area contributed by atoms with Gasteiger partial charge in [-0.3, -0.25) is 4.90 Å². The highest BCUT2D eigenvalue weighted by atomic mass is 15.3. The van der Waals surface area contributed by atoms with Gasteiger partial charge in [0.2, 0.25) is 0 Å². The van der Waals surface area contributed by atoms with E-state index in [4.69, 9.17) is 0 Å². The Balaban J connectivity index is 1.62. The lowest BCUT2D eigenvalue weighted by Gasteiger charge is -2.24. The summed E-state index contributed by atoms with van der Waals surface area (Å²) >= 11 is 0. The van der Waals surface area contributed by atoms with Crippen LogP contribution in [0.2, 0.25) is 0 Å². The summed E-state index contributed by atoms with van der Waals surface area (Å²) < 4.78 is 2.51. The molecule has 0 spiro atoms. The second kappa shape index (κ2) is 4.35. The number of hydrogen-bond acceptors (Lipinski definition) is 3. The van der Waals surface area contributed by atoms with Gasteiger partial charge in [-0.25, -0.2) is 4.98 Å². The van der Waals surface area contributed by atoms with Crippen LogP contribution in [-0.2, 0) is 0 Å². The monoisotopic (exact) mass is 246 g/mol. The van der Waals surface area contributed by atoms with Crippen molar-refractivity contribution in [1.82, 2.24) is 19.8 Å². The summed E-state index contributed by atoms with van der Waals surface area (Å²) in [6.45, 7) is 4.90. The Kier molecular flexibility index (Phi) is 2.66. The summed E-state index contributed by atoms with van der Waals surface area (Å²) in [5.41, 5.74) is 1.47. The highest BCUT2D eigenvalue weighted by Gasteiger charge is 2.39. The van der Waals surface area contributed by atoms with E-state index in [9.17, 15) is 0 Å². The fourth-order valence-corrected chi connectivity index (χ4v) is 4.20. The summed E-state index contributed by atoms with van der Waals surface area (Å²) in [5, 5.41) is 3.47. The molecule has 4 rings (SSSR count). The molecule has 3 unspecified atom stereocenters. The number of aromatic nitrogens is 2. The van der Waals surface area contributed by atoms with Crippen LogP contribution >= 0.6 is 0 Å². The normalized spacial score (nSPS) is 36.3. The number of nitrogens with zero attached hydrogens (tertiary/aromatic N) is 3.